The third kappa shape index (κ3) is 1.93. The molecule has 0 aromatic rings. The molecule has 0 heterocycles. The lowest BCUT2D eigenvalue weighted by atomic mass is 9.45. The number of hydrogen-bond donors (Lipinski definition) is 2. The van der Waals surface area contributed by atoms with Gasteiger partial charge in [0.25, 0.3) is 0 Å². The van der Waals surface area contributed by atoms with Crippen LogP contribution in [0.25, 0.3) is 0 Å². The Hall–Kier alpha value is -0.920. The highest BCUT2D eigenvalue weighted by molar-refractivity contribution is 5.88. The second-order valence-corrected chi connectivity index (χ2v) is 9.58. The summed E-state index contributed by atoms with van der Waals surface area (Å²) in [6.07, 6.45) is 7.75. The number of fused-ring (bicyclic) bond motifs is 1. The van der Waals surface area contributed by atoms with Crippen molar-refractivity contribution in [2.45, 2.75) is 63.0 Å². The van der Waals surface area contributed by atoms with Gasteiger partial charge in [-0.15, -0.1) is 0 Å². The van der Waals surface area contributed by atoms with Crippen molar-refractivity contribution in [3.8, 4) is 6.07 Å². The van der Waals surface area contributed by atoms with E-state index >= 15 is 0 Å². The number of nitrogens with zero attached hydrogens (tertiary/aromatic N) is 1. The van der Waals surface area contributed by atoms with Gasteiger partial charge in [0.2, 0.25) is 0 Å². The molecule has 3 N–H and O–H groups in total. The molecule has 4 bridgehead atoms. The summed E-state index contributed by atoms with van der Waals surface area (Å²) in [7, 11) is 0. The van der Waals surface area contributed by atoms with Crippen LogP contribution in [-0.4, -0.2) is 22.5 Å². The summed E-state index contributed by atoms with van der Waals surface area (Å²) < 4.78 is 0. The maximum atomic E-state index is 13.2. The van der Waals surface area contributed by atoms with Gasteiger partial charge in [-0.1, -0.05) is 0 Å². The topological polar surface area (TPSA) is 87.1 Å². The van der Waals surface area contributed by atoms with Crippen LogP contribution >= 0.6 is 0 Å². The highest BCUT2D eigenvalue weighted by Gasteiger charge is 2.63. The fraction of sp³-hybridized carbons (Fsp3) is 0.895. The van der Waals surface area contributed by atoms with Crippen LogP contribution in [0, 0.1) is 52.3 Å². The number of rotatable bonds is 3. The molecular formula is C19H26N2O2. The predicted molar refractivity (Wildman–Crippen MR) is 83.9 cm³/mol. The third-order valence-electron chi connectivity index (χ3n) is 7.96. The van der Waals surface area contributed by atoms with Crippen LogP contribution in [0.1, 0.15) is 51.4 Å². The molecule has 6 saturated carbocycles. The normalized spacial score (nSPS) is 56.9. The number of hydrogen-bond acceptors (Lipinski definition) is 4. The van der Waals surface area contributed by atoms with Crippen molar-refractivity contribution in [3.05, 3.63) is 0 Å². The Morgan fingerprint density at radius 2 is 1.87 bits per heavy atom. The van der Waals surface area contributed by atoms with Crippen molar-refractivity contribution >= 4 is 5.78 Å². The number of nitrogens with two attached hydrogens (primary N) is 1. The van der Waals surface area contributed by atoms with Crippen LogP contribution in [0.4, 0.5) is 0 Å². The molecule has 0 aromatic heterocycles. The fourth-order valence-electron chi connectivity index (χ4n) is 7.45. The summed E-state index contributed by atoms with van der Waals surface area (Å²) in [5.41, 5.74) is 5.82. The zero-order valence-corrected chi connectivity index (χ0v) is 13.6. The molecule has 4 nitrogen and oxygen atoms in total. The van der Waals surface area contributed by atoms with E-state index < -0.39 is 11.6 Å². The maximum Gasteiger partial charge on any atom is 0.154 e. The van der Waals surface area contributed by atoms with Gasteiger partial charge < -0.3 is 10.8 Å². The molecule has 0 aromatic carbocycles. The minimum absolute atomic E-state index is 0.116. The van der Waals surface area contributed by atoms with Crippen molar-refractivity contribution in [1.82, 2.24) is 0 Å². The first-order chi connectivity index (χ1) is 10.9. The second kappa shape index (κ2) is 4.37. The van der Waals surface area contributed by atoms with E-state index in [1.165, 1.54) is 6.42 Å². The smallest absolute Gasteiger partial charge is 0.154 e. The largest absolute Gasteiger partial charge is 0.390 e. The lowest BCUT2D eigenvalue weighted by Gasteiger charge is -2.61. The number of nitriles is 1. The van der Waals surface area contributed by atoms with E-state index in [1.54, 1.807) is 0 Å². The fourth-order valence-corrected chi connectivity index (χ4v) is 7.45. The van der Waals surface area contributed by atoms with Crippen molar-refractivity contribution in [2.75, 3.05) is 0 Å². The van der Waals surface area contributed by atoms with Gasteiger partial charge in [0.1, 0.15) is 0 Å². The average Bonchev–Trinajstić information content (AvgIpc) is 3.14. The van der Waals surface area contributed by atoms with Crippen molar-refractivity contribution in [1.29, 1.82) is 5.26 Å². The van der Waals surface area contributed by atoms with E-state index in [9.17, 15) is 15.2 Å². The van der Waals surface area contributed by atoms with Crippen LogP contribution < -0.4 is 5.73 Å². The van der Waals surface area contributed by atoms with E-state index in [4.69, 9.17) is 5.73 Å². The van der Waals surface area contributed by atoms with Gasteiger partial charge in [0, 0.05) is 5.92 Å². The molecule has 0 radical (unpaired) electrons. The Labute approximate surface area is 137 Å². The molecule has 1 unspecified atom stereocenters. The lowest BCUT2D eigenvalue weighted by molar-refractivity contribution is -0.174. The first kappa shape index (κ1) is 14.4. The van der Waals surface area contributed by atoms with E-state index in [0.29, 0.717) is 30.1 Å². The van der Waals surface area contributed by atoms with Gasteiger partial charge in [-0.25, -0.2) is 0 Å². The summed E-state index contributed by atoms with van der Waals surface area (Å²) in [4.78, 5) is 13.2. The zero-order chi connectivity index (χ0) is 16.0. The van der Waals surface area contributed by atoms with E-state index in [-0.39, 0.29) is 23.0 Å². The lowest BCUT2D eigenvalue weighted by Crippen LogP contribution is -2.63. The number of carbonyl (C=O) groups is 1. The van der Waals surface area contributed by atoms with Gasteiger partial charge in [-0.2, -0.15) is 5.26 Å². The van der Waals surface area contributed by atoms with Crippen LogP contribution in [0.2, 0.25) is 0 Å². The van der Waals surface area contributed by atoms with Gasteiger partial charge in [0.15, 0.2) is 5.78 Å². The SMILES string of the molecule is N#C[C@@H]1C[C@@H]2C[C@@H]2C1C(=O)[C@@H](N)[C@@]12C[C@@H]3C[C@@H](C[C@@](O)(C3)C1)C2. The van der Waals surface area contributed by atoms with Crippen LogP contribution in [0.3, 0.4) is 0 Å². The Balaban J connectivity index is 1.43. The molecule has 0 spiro atoms. The number of aliphatic hydroxyl groups is 1. The van der Waals surface area contributed by atoms with Gasteiger partial charge in [-0.3, -0.25) is 4.79 Å². The Kier molecular flexibility index (Phi) is 2.74. The minimum atomic E-state index is -0.575. The molecule has 0 amide bonds. The van der Waals surface area contributed by atoms with E-state index in [0.717, 1.165) is 38.5 Å². The monoisotopic (exact) mass is 314 g/mol. The highest BCUT2D eigenvalue weighted by Crippen LogP contribution is 2.64. The summed E-state index contributed by atoms with van der Waals surface area (Å²) >= 11 is 0. The molecule has 0 aliphatic heterocycles. The Morgan fingerprint density at radius 1 is 1.17 bits per heavy atom. The number of ketones is 1. The van der Waals surface area contributed by atoms with Crippen molar-refractivity contribution < 1.29 is 9.90 Å². The van der Waals surface area contributed by atoms with Gasteiger partial charge in [-0.05, 0) is 80.5 Å². The molecule has 9 atom stereocenters. The first-order valence-electron chi connectivity index (χ1n) is 9.34. The highest BCUT2D eigenvalue weighted by atomic mass is 16.3. The zero-order valence-electron chi connectivity index (χ0n) is 13.6. The quantitative estimate of drug-likeness (QED) is 0.834. The summed E-state index contributed by atoms with van der Waals surface area (Å²) in [5.74, 6) is 2.02. The molecular weight excluding hydrogens is 288 g/mol. The molecule has 6 aliphatic carbocycles. The first-order valence-corrected chi connectivity index (χ1v) is 9.34. The molecule has 6 rings (SSSR count). The maximum absolute atomic E-state index is 13.2. The van der Waals surface area contributed by atoms with Gasteiger partial charge in [0.05, 0.1) is 23.6 Å². The molecule has 6 fully saturated rings. The predicted octanol–water partition coefficient (Wildman–Crippen LogP) is 2.01. The van der Waals surface area contributed by atoms with Crippen molar-refractivity contribution in [3.63, 3.8) is 0 Å². The van der Waals surface area contributed by atoms with Crippen LogP contribution in [0.5, 0.6) is 0 Å². The Bertz CT molecular complexity index is 595. The van der Waals surface area contributed by atoms with Crippen molar-refractivity contribution in [2.24, 2.45) is 46.7 Å². The molecule has 23 heavy (non-hydrogen) atoms. The van der Waals surface area contributed by atoms with Crippen LogP contribution in [-0.2, 0) is 4.79 Å². The van der Waals surface area contributed by atoms with E-state index in [1.807, 2.05) is 0 Å². The minimum Gasteiger partial charge on any atom is -0.390 e. The molecule has 0 saturated heterocycles. The Morgan fingerprint density at radius 3 is 2.48 bits per heavy atom. The number of carbonyl (C=O) groups excluding carboxylic acids is 1. The summed E-state index contributed by atoms with van der Waals surface area (Å²) in [6.45, 7) is 0. The summed E-state index contributed by atoms with van der Waals surface area (Å²) in [6, 6.07) is 1.89. The standard InChI is InChI=1S/C19H26N2O2/c20-8-13-2-12-3-14(12)15(13)16(22)17(21)18-4-10-1-11(5-18)7-19(23,6-10)9-18/h10-15,17,23H,1-7,9,21H2/t10-,11+,12-,13+,14+,15?,17-,18+,19-/m1/s1. The second-order valence-electron chi connectivity index (χ2n) is 9.58. The number of Topliss-reactive ketones (excluding diaryl/α,β-unsaturated/α-hetero) is 1. The molecule has 124 valence electrons. The van der Waals surface area contributed by atoms with Gasteiger partial charge >= 0.3 is 0 Å². The molecule has 6 aliphatic rings. The van der Waals surface area contributed by atoms with E-state index in [2.05, 4.69) is 6.07 Å². The molecule has 4 heteroatoms. The average molecular weight is 314 g/mol. The summed E-state index contributed by atoms with van der Waals surface area (Å²) in [5, 5.41) is 20.3. The van der Waals surface area contributed by atoms with Crippen LogP contribution in [0.15, 0.2) is 0 Å². The third-order valence-corrected chi connectivity index (χ3v) is 7.96.